The second-order valence-corrected chi connectivity index (χ2v) is 6.91. The third kappa shape index (κ3) is 3.02. The van der Waals surface area contributed by atoms with Gasteiger partial charge in [-0.3, -0.25) is 9.59 Å². The second kappa shape index (κ2) is 6.30. The first-order valence-electron chi connectivity index (χ1n) is 8.37. The molecule has 2 aliphatic rings. The molecular weight excluding hydrogens is 310 g/mol. The zero-order valence-corrected chi connectivity index (χ0v) is 13.8. The van der Waals surface area contributed by atoms with E-state index in [1.165, 1.54) is 4.90 Å². The van der Waals surface area contributed by atoms with Crippen LogP contribution in [0.4, 0.5) is 0 Å². The maximum atomic E-state index is 12.4. The van der Waals surface area contributed by atoms with E-state index in [9.17, 15) is 19.5 Å². The van der Waals surface area contributed by atoms with Gasteiger partial charge in [0, 0.05) is 32.3 Å². The number of hydrogen-bond donors (Lipinski definition) is 2. The molecule has 0 saturated carbocycles. The van der Waals surface area contributed by atoms with Crippen LogP contribution in [0.3, 0.4) is 0 Å². The molecule has 2 saturated heterocycles. The zero-order valence-electron chi connectivity index (χ0n) is 13.8. The van der Waals surface area contributed by atoms with Crippen molar-refractivity contribution in [3.63, 3.8) is 0 Å². The van der Waals surface area contributed by atoms with Gasteiger partial charge in [0.25, 0.3) is 5.91 Å². The van der Waals surface area contributed by atoms with Gasteiger partial charge in [-0.1, -0.05) is 0 Å². The topological polar surface area (TPSA) is 93.7 Å². The number of nitrogens with zero attached hydrogens (tertiary/aromatic N) is 2. The molecule has 0 unspecified atom stereocenters. The minimum atomic E-state index is -0.972. The third-order valence-electron chi connectivity index (χ3n) is 5.46. The van der Waals surface area contributed by atoms with Gasteiger partial charge in [-0.15, -0.1) is 0 Å². The van der Waals surface area contributed by atoms with E-state index in [0.29, 0.717) is 31.7 Å². The van der Waals surface area contributed by atoms with Crippen molar-refractivity contribution < 1.29 is 19.5 Å². The maximum absolute atomic E-state index is 12.4. The summed E-state index contributed by atoms with van der Waals surface area (Å²) >= 11 is 0. The molecule has 2 N–H and O–H groups in total. The Labute approximate surface area is 140 Å². The molecule has 1 aromatic heterocycles. The van der Waals surface area contributed by atoms with Gasteiger partial charge in [0.2, 0.25) is 5.91 Å². The Balaban J connectivity index is 1.65. The van der Waals surface area contributed by atoms with E-state index in [-0.39, 0.29) is 17.2 Å². The molecule has 0 bridgehead atoms. The van der Waals surface area contributed by atoms with Crippen molar-refractivity contribution in [2.45, 2.75) is 38.6 Å². The highest BCUT2D eigenvalue weighted by Crippen LogP contribution is 2.41. The molecule has 2 amide bonds. The SMILES string of the molecule is C[C@@H](C(=O)O)N1CC2(CCC1=O)CCN(C(=O)c1ccc[nH]1)CC2. The Morgan fingerprint density at radius 1 is 1.29 bits per heavy atom. The van der Waals surface area contributed by atoms with Gasteiger partial charge >= 0.3 is 5.97 Å². The van der Waals surface area contributed by atoms with Crippen LogP contribution in [0.15, 0.2) is 18.3 Å². The highest BCUT2D eigenvalue weighted by molar-refractivity contribution is 5.92. The minimum absolute atomic E-state index is 0.00232. The summed E-state index contributed by atoms with van der Waals surface area (Å²) in [7, 11) is 0. The Bertz CT molecular complexity index is 632. The molecule has 3 heterocycles. The van der Waals surface area contributed by atoms with E-state index in [4.69, 9.17) is 0 Å². The number of nitrogens with one attached hydrogen (secondary N) is 1. The molecule has 2 fully saturated rings. The lowest BCUT2D eigenvalue weighted by molar-refractivity contribution is -0.154. The number of aliphatic carboxylic acids is 1. The molecule has 1 aromatic rings. The number of hydrogen-bond acceptors (Lipinski definition) is 3. The van der Waals surface area contributed by atoms with Crippen LogP contribution in [0, 0.1) is 5.41 Å². The van der Waals surface area contributed by atoms with Crippen molar-refractivity contribution in [3.8, 4) is 0 Å². The van der Waals surface area contributed by atoms with E-state index < -0.39 is 12.0 Å². The van der Waals surface area contributed by atoms with Gasteiger partial charge in [0.05, 0.1) is 0 Å². The Hall–Kier alpha value is -2.31. The molecule has 0 radical (unpaired) electrons. The molecule has 7 heteroatoms. The molecule has 130 valence electrons. The smallest absolute Gasteiger partial charge is 0.326 e. The Kier molecular flexibility index (Phi) is 4.34. The number of aromatic nitrogens is 1. The predicted octanol–water partition coefficient (Wildman–Crippen LogP) is 1.33. The largest absolute Gasteiger partial charge is 0.480 e. The van der Waals surface area contributed by atoms with Crippen molar-refractivity contribution in [3.05, 3.63) is 24.0 Å². The van der Waals surface area contributed by atoms with E-state index >= 15 is 0 Å². The average molecular weight is 333 g/mol. The number of likely N-dealkylation sites (tertiary alicyclic amines) is 2. The summed E-state index contributed by atoms with van der Waals surface area (Å²) < 4.78 is 0. The van der Waals surface area contributed by atoms with Crippen molar-refractivity contribution in [2.75, 3.05) is 19.6 Å². The van der Waals surface area contributed by atoms with E-state index in [2.05, 4.69) is 4.98 Å². The summed E-state index contributed by atoms with van der Waals surface area (Å²) in [5.74, 6) is -1.06. The van der Waals surface area contributed by atoms with Gasteiger partial charge in [-0.2, -0.15) is 0 Å². The fraction of sp³-hybridized carbons (Fsp3) is 0.588. The van der Waals surface area contributed by atoms with Crippen LogP contribution in [0.25, 0.3) is 0 Å². The van der Waals surface area contributed by atoms with E-state index in [1.807, 2.05) is 4.90 Å². The van der Waals surface area contributed by atoms with Crippen LogP contribution in [-0.2, 0) is 9.59 Å². The Morgan fingerprint density at radius 3 is 2.58 bits per heavy atom. The standard InChI is InChI=1S/C17H23N3O4/c1-12(16(23)24)20-11-17(5-4-14(20)21)6-9-19(10-7-17)15(22)13-3-2-8-18-13/h2-3,8,12,18H,4-7,9-11H2,1H3,(H,23,24)/t12-/m0/s1. The Morgan fingerprint density at radius 2 is 2.00 bits per heavy atom. The van der Waals surface area contributed by atoms with Crippen LogP contribution in [0.5, 0.6) is 0 Å². The predicted molar refractivity (Wildman–Crippen MR) is 86.4 cm³/mol. The molecule has 24 heavy (non-hydrogen) atoms. The number of carboxylic acid groups (broad SMARTS) is 1. The monoisotopic (exact) mass is 333 g/mol. The first kappa shape index (κ1) is 16.5. The molecule has 0 aliphatic carbocycles. The minimum Gasteiger partial charge on any atom is -0.480 e. The first-order chi connectivity index (χ1) is 11.4. The van der Waals surface area contributed by atoms with Crippen molar-refractivity contribution in [1.29, 1.82) is 0 Å². The molecular formula is C17H23N3O4. The average Bonchev–Trinajstić information content (AvgIpc) is 3.11. The number of amides is 2. The van der Waals surface area contributed by atoms with Crippen molar-refractivity contribution >= 4 is 17.8 Å². The number of rotatable bonds is 3. The summed E-state index contributed by atoms with van der Waals surface area (Å²) in [4.78, 5) is 42.0. The summed E-state index contributed by atoms with van der Waals surface area (Å²) in [6, 6.07) is 2.77. The second-order valence-electron chi connectivity index (χ2n) is 6.91. The quantitative estimate of drug-likeness (QED) is 0.873. The number of H-pyrrole nitrogens is 1. The van der Waals surface area contributed by atoms with Gasteiger partial charge in [0.1, 0.15) is 11.7 Å². The number of carbonyl (C=O) groups excluding carboxylic acids is 2. The lowest BCUT2D eigenvalue weighted by Crippen LogP contribution is -2.55. The lowest BCUT2D eigenvalue weighted by atomic mass is 9.72. The highest BCUT2D eigenvalue weighted by Gasteiger charge is 2.44. The number of carbonyl (C=O) groups is 3. The van der Waals surface area contributed by atoms with Gasteiger partial charge < -0.3 is 19.9 Å². The molecule has 1 spiro atoms. The first-order valence-corrected chi connectivity index (χ1v) is 8.37. The summed E-state index contributed by atoms with van der Waals surface area (Å²) in [5.41, 5.74) is 0.523. The normalized spacial score (nSPS) is 21.8. The lowest BCUT2D eigenvalue weighted by Gasteiger charge is -2.48. The summed E-state index contributed by atoms with van der Waals surface area (Å²) in [6.07, 6.45) is 4.50. The van der Waals surface area contributed by atoms with E-state index in [1.54, 1.807) is 25.3 Å². The molecule has 3 rings (SSSR count). The van der Waals surface area contributed by atoms with Gasteiger partial charge in [-0.25, -0.2) is 4.79 Å². The molecule has 7 nitrogen and oxygen atoms in total. The highest BCUT2D eigenvalue weighted by atomic mass is 16.4. The number of piperidine rings is 2. The fourth-order valence-electron chi connectivity index (χ4n) is 3.76. The zero-order chi connectivity index (χ0) is 17.3. The van der Waals surface area contributed by atoms with Crippen LogP contribution >= 0.6 is 0 Å². The third-order valence-corrected chi connectivity index (χ3v) is 5.46. The van der Waals surface area contributed by atoms with Crippen LogP contribution < -0.4 is 0 Å². The maximum Gasteiger partial charge on any atom is 0.326 e. The summed E-state index contributed by atoms with van der Waals surface area (Å²) in [6.45, 7) is 3.32. The van der Waals surface area contributed by atoms with Crippen LogP contribution in [0.2, 0.25) is 0 Å². The number of carboxylic acids is 1. The van der Waals surface area contributed by atoms with Crippen LogP contribution in [-0.4, -0.2) is 63.4 Å². The van der Waals surface area contributed by atoms with Crippen molar-refractivity contribution in [1.82, 2.24) is 14.8 Å². The van der Waals surface area contributed by atoms with Crippen LogP contribution in [0.1, 0.15) is 43.1 Å². The molecule has 0 aromatic carbocycles. The van der Waals surface area contributed by atoms with E-state index in [0.717, 1.165) is 19.3 Å². The molecule has 1 atom stereocenters. The summed E-state index contributed by atoms with van der Waals surface area (Å²) in [5, 5.41) is 9.21. The van der Waals surface area contributed by atoms with Gasteiger partial charge in [0.15, 0.2) is 0 Å². The van der Waals surface area contributed by atoms with Crippen molar-refractivity contribution in [2.24, 2.45) is 5.41 Å². The fourth-order valence-corrected chi connectivity index (χ4v) is 3.76. The molecule has 2 aliphatic heterocycles. The number of aromatic amines is 1. The van der Waals surface area contributed by atoms with Gasteiger partial charge in [-0.05, 0) is 43.7 Å².